The molecule has 0 aliphatic heterocycles. The monoisotopic (exact) mass is 276 g/mol. The summed E-state index contributed by atoms with van der Waals surface area (Å²) in [4.78, 5) is 0. The molecule has 104 valence electrons. The van der Waals surface area contributed by atoms with Gasteiger partial charge in [-0.15, -0.1) is 0 Å². The van der Waals surface area contributed by atoms with Gasteiger partial charge >= 0.3 is 0 Å². The molecule has 1 fully saturated rings. The number of benzene rings is 1. The highest BCUT2D eigenvalue weighted by Gasteiger charge is 2.16. The summed E-state index contributed by atoms with van der Waals surface area (Å²) >= 11 is 5.39. The Morgan fingerprint density at radius 3 is 2.47 bits per heavy atom. The highest BCUT2D eigenvalue weighted by Crippen LogP contribution is 2.18. The first-order valence-corrected chi connectivity index (χ1v) is 7.75. The van der Waals surface area contributed by atoms with Crippen LogP contribution < -0.4 is 10.6 Å². The smallest absolute Gasteiger partial charge is 0.166 e. The average molecular weight is 276 g/mol. The number of thiocarbonyl (C=S) groups is 1. The standard InChI is InChI=1S/C16H24N2S/c1-3-13-8-10-14(11-9-13)12(2)17-16(19)18-15-6-4-5-7-15/h8-12,15H,3-7H2,1-2H3,(H2,17,18,19). The maximum Gasteiger partial charge on any atom is 0.166 e. The van der Waals surface area contributed by atoms with E-state index in [-0.39, 0.29) is 6.04 Å². The number of hydrogen-bond donors (Lipinski definition) is 2. The van der Waals surface area contributed by atoms with E-state index in [4.69, 9.17) is 12.2 Å². The SMILES string of the molecule is CCc1ccc(C(C)NC(=S)NC2CCCC2)cc1. The van der Waals surface area contributed by atoms with Crippen LogP contribution in [0.2, 0.25) is 0 Å². The maximum atomic E-state index is 5.39. The van der Waals surface area contributed by atoms with Gasteiger partial charge in [-0.1, -0.05) is 44.0 Å². The molecule has 2 rings (SSSR count). The molecule has 2 N–H and O–H groups in total. The van der Waals surface area contributed by atoms with Crippen LogP contribution in [-0.4, -0.2) is 11.2 Å². The summed E-state index contributed by atoms with van der Waals surface area (Å²) in [5, 5.41) is 7.59. The molecular weight excluding hydrogens is 252 g/mol. The Balaban J connectivity index is 1.84. The minimum atomic E-state index is 0.257. The highest BCUT2D eigenvalue weighted by atomic mass is 32.1. The van der Waals surface area contributed by atoms with E-state index in [1.54, 1.807) is 0 Å². The van der Waals surface area contributed by atoms with E-state index < -0.39 is 0 Å². The molecule has 1 aliphatic rings. The number of nitrogens with one attached hydrogen (secondary N) is 2. The van der Waals surface area contributed by atoms with Gasteiger partial charge in [0, 0.05) is 6.04 Å². The van der Waals surface area contributed by atoms with Gasteiger partial charge in [0.05, 0.1) is 6.04 Å². The Morgan fingerprint density at radius 2 is 1.89 bits per heavy atom. The number of aryl methyl sites for hydroxylation is 1. The Bertz CT molecular complexity index is 407. The van der Waals surface area contributed by atoms with Crippen molar-refractivity contribution in [2.24, 2.45) is 0 Å². The zero-order valence-corrected chi connectivity index (χ0v) is 12.7. The second kappa shape index (κ2) is 6.90. The minimum absolute atomic E-state index is 0.257. The van der Waals surface area contributed by atoms with Crippen LogP contribution in [0.25, 0.3) is 0 Å². The molecule has 1 saturated carbocycles. The number of rotatable bonds is 4. The van der Waals surface area contributed by atoms with Crippen LogP contribution in [0, 0.1) is 0 Å². The molecule has 19 heavy (non-hydrogen) atoms. The predicted molar refractivity (Wildman–Crippen MR) is 85.4 cm³/mol. The van der Waals surface area contributed by atoms with E-state index >= 15 is 0 Å². The molecule has 0 bridgehead atoms. The third-order valence-electron chi connectivity index (χ3n) is 3.93. The van der Waals surface area contributed by atoms with E-state index in [9.17, 15) is 0 Å². The van der Waals surface area contributed by atoms with E-state index in [1.165, 1.54) is 36.8 Å². The van der Waals surface area contributed by atoms with Crippen LogP contribution >= 0.6 is 12.2 Å². The van der Waals surface area contributed by atoms with Gasteiger partial charge in [0.2, 0.25) is 0 Å². The molecule has 0 heterocycles. The van der Waals surface area contributed by atoms with Gasteiger partial charge in [0.15, 0.2) is 5.11 Å². The normalized spacial score (nSPS) is 17.2. The quantitative estimate of drug-likeness (QED) is 0.820. The van der Waals surface area contributed by atoms with Crippen molar-refractivity contribution in [3.8, 4) is 0 Å². The van der Waals surface area contributed by atoms with Crippen molar-refractivity contribution in [2.45, 2.75) is 58.0 Å². The van der Waals surface area contributed by atoms with Crippen molar-refractivity contribution in [1.82, 2.24) is 10.6 Å². The van der Waals surface area contributed by atoms with Crippen molar-refractivity contribution in [3.63, 3.8) is 0 Å². The van der Waals surface area contributed by atoms with E-state index in [1.807, 2.05) is 0 Å². The van der Waals surface area contributed by atoms with Gasteiger partial charge in [-0.25, -0.2) is 0 Å². The molecule has 1 aromatic carbocycles. The second-order valence-electron chi connectivity index (χ2n) is 5.42. The molecule has 1 atom stereocenters. The van der Waals surface area contributed by atoms with Gasteiger partial charge in [-0.3, -0.25) is 0 Å². The zero-order chi connectivity index (χ0) is 13.7. The van der Waals surface area contributed by atoms with Crippen LogP contribution in [0.4, 0.5) is 0 Å². The molecule has 0 radical (unpaired) electrons. The Kier molecular flexibility index (Phi) is 5.20. The molecule has 1 aromatic rings. The van der Waals surface area contributed by atoms with Crippen LogP contribution in [-0.2, 0) is 6.42 Å². The Morgan fingerprint density at radius 1 is 1.26 bits per heavy atom. The highest BCUT2D eigenvalue weighted by molar-refractivity contribution is 7.80. The molecule has 0 spiro atoms. The average Bonchev–Trinajstić information content (AvgIpc) is 2.91. The lowest BCUT2D eigenvalue weighted by Gasteiger charge is -2.20. The molecule has 1 unspecified atom stereocenters. The summed E-state index contributed by atoms with van der Waals surface area (Å²) in [6.45, 7) is 4.33. The third-order valence-corrected chi connectivity index (χ3v) is 4.16. The molecular formula is C16H24N2S. The van der Waals surface area contributed by atoms with Gasteiger partial charge in [-0.2, -0.15) is 0 Å². The van der Waals surface area contributed by atoms with Gasteiger partial charge in [0.1, 0.15) is 0 Å². The summed E-state index contributed by atoms with van der Waals surface area (Å²) in [6, 6.07) is 9.60. The zero-order valence-electron chi connectivity index (χ0n) is 11.9. The number of hydrogen-bond acceptors (Lipinski definition) is 1. The Hall–Kier alpha value is -1.09. The van der Waals surface area contributed by atoms with Crippen LogP contribution in [0.1, 0.15) is 56.7 Å². The van der Waals surface area contributed by atoms with Gasteiger partial charge in [0.25, 0.3) is 0 Å². The molecule has 2 nitrogen and oxygen atoms in total. The van der Waals surface area contributed by atoms with E-state index in [0.29, 0.717) is 6.04 Å². The maximum absolute atomic E-state index is 5.39. The summed E-state index contributed by atoms with van der Waals surface area (Å²) in [5.41, 5.74) is 2.66. The first-order chi connectivity index (χ1) is 9.19. The summed E-state index contributed by atoms with van der Waals surface area (Å²) in [7, 11) is 0. The molecule has 3 heteroatoms. The van der Waals surface area contributed by atoms with Crippen molar-refractivity contribution in [3.05, 3.63) is 35.4 Å². The fraction of sp³-hybridized carbons (Fsp3) is 0.562. The second-order valence-corrected chi connectivity index (χ2v) is 5.82. The van der Waals surface area contributed by atoms with E-state index in [2.05, 4.69) is 48.7 Å². The summed E-state index contributed by atoms with van der Waals surface area (Å²) < 4.78 is 0. The van der Waals surface area contributed by atoms with Gasteiger partial charge in [-0.05, 0) is 49.5 Å². The van der Waals surface area contributed by atoms with Crippen molar-refractivity contribution in [2.75, 3.05) is 0 Å². The van der Waals surface area contributed by atoms with Crippen LogP contribution in [0.3, 0.4) is 0 Å². The Labute approximate surface area is 122 Å². The fourth-order valence-corrected chi connectivity index (χ4v) is 2.96. The van der Waals surface area contributed by atoms with Gasteiger partial charge < -0.3 is 10.6 Å². The third kappa shape index (κ3) is 4.20. The molecule has 1 aliphatic carbocycles. The predicted octanol–water partition coefficient (Wildman–Crippen LogP) is 3.72. The van der Waals surface area contributed by atoms with Crippen molar-refractivity contribution in [1.29, 1.82) is 0 Å². The first-order valence-electron chi connectivity index (χ1n) is 7.35. The summed E-state index contributed by atoms with van der Waals surface area (Å²) in [6.07, 6.45) is 6.25. The topological polar surface area (TPSA) is 24.1 Å². The molecule has 0 amide bonds. The van der Waals surface area contributed by atoms with Crippen molar-refractivity contribution < 1.29 is 0 Å². The minimum Gasteiger partial charge on any atom is -0.360 e. The van der Waals surface area contributed by atoms with Crippen LogP contribution in [0.5, 0.6) is 0 Å². The lowest BCUT2D eigenvalue weighted by Crippen LogP contribution is -2.41. The summed E-state index contributed by atoms with van der Waals surface area (Å²) in [5.74, 6) is 0. The van der Waals surface area contributed by atoms with Crippen molar-refractivity contribution >= 4 is 17.3 Å². The lowest BCUT2D eigenvalue weighted by atomic mass is 10.1. The first kappa shape index (κ1) is 14.3. The van der Waals surface area contributed by atoms with E-state index in [0.717, 1.165) is 11.5 Å². The molecule has 0 aromatic heterocycles. The fourth-order valence-electron chi connectivity index (χ4n) is 2.62. The largest absolute Gasteiger partial charge is 0.360 e. The molecule has 0 saturated heterocycles. The van der Waals surface area contributed by atoms with Crippen LogP contribution in [0.15, 0.2) is 24.3 Å². The lowest BCUT2D eigenvalue weighted by molar-refractivity contribution is 0.605.